The Morgan fingerprint density at radius 2 is 0.530 bits per heavy atom. The number of furan rings is 6. The minimum absolute atomic E-state index is 0.233. The molecule has 20 heteroatoms. The minimum Gasteiger partial charge on any atom is -0.536 e. The van der Waals surface area contributed by atoms with Gasteiger partial charge in [0, 0.05) is 93.9 Å². The van der Waals surface area contributed by atoms with E-state index in [0.717, 1.165) is 213 Å². The first-order valence-corrected chi connectivity index (χ1v) is 44.4. The fourth-order valence-electron chi connectivity index (χ4n) is 21.6. The van der Waals surface area contributed by atoms with Crippen molar-refractivity contribution in [3.63, 3.8) is 0 Å². The number of fused-ring (bicyclic) bond motifs is 44. The summed E-state index contributed by atoms with van der Waals surface area (Å²) in [4.78, 5) is 8.66. The lowest BCUT2D eigenvalue weighted by Gasteiger charge is -2.27. The van der Waals surface area contributed by atoms with Crippen molar-refractivity contribution in [2.24, 2.45) is 0 Å². The van der Waals surface area contributed by atoms with Gasteiger partial charge in [0.15, 0.2) is 23.5 Å². The molecule has 0 amide bonds. The van der Waals surface area contributed by atoms with Crippen LogP contribution < -0.4 is 59.7 Å². The lowest BCUT2D eigenvalue weighted by atomic mass is 9.65. The van der Waals surface area contributed by atoms with Crippen LogP contribution in [0.25, 0.3) is 166 Å². The normalized spacial score (nSPS) is 13.6. The largest absolute Gasteiger partial charge is 0.536 e. The van der Waals surface area contributed by atoms with Gasteiger partial charge in [0.2, 0.25) is 0 Å². The molecule has 0 radical (unpaired) electrons. The van der Waals surface area contributed by atoms with Gasteiger partial charge in [-0.25, -0.2) is 0 Å². The van der Waals surface area contributed by atoms with Crippen molar-refractivity contribution in [2.75, 3.05) is 19.2 Å². The van der Waals surface area contributed by atoms with E-state index >= 15 is 0 Å². The summed E-state index contributed by atoms with van der Waals surface area (Å²) in [6, 6.07) is 131. The van der Waals surface area contributed by atoms with Crippen LogP contribution in [0.4, 0.5) is 46.3 Å². The molecule has 8 aliphatic rings. The van der Waals surface area contributed by atoms with Gasteiger partial charge in [-0.15, -0.1) is 0 Å². The molecule has 24 aromatic rings. The molecule has 8 aliphatic heterocycles. The summed E-state index contributed by atoms with van der Waals surface area (Å²) in [5.74, 6) is 6.74. The highest BCUT2D eigenvalue weighted by molar-refractivity contribution is 6.79. The SMILES string of the molecule is c1ccc2c(c1)B1Oc3cc(-n4c5ccccc5c5ccccc54)ccc3N1c1occc1-2.c1ccc2c(c1)B1Oc3ccc(-c4cccc5c4oc4ccccc45)cc3N1c1occc1-2.c1ccc2c(c1)B1Oc3ccc(-n4c5ccccc5c5ccccc54)cc3N1c1occc1-2.c1ccc2c(c1)OB1c3ccc(-c4cccc5c4oc4ccccc45)cc3-c3ccoc3N12. The molecular weight excluding hydrogens is 1630 g/mol. The summed E-state index contributed by atoms with van der Waals surface area (Å²) in [5.41, 5.74) is 32.5. The second-order valence-corrected chi connectivity index (χ2v) is 34.2. The zero-order valence-corrected chi connectivity index (χ0v) is 70.2. The molecule has 16 nitrogen and oxygen atoms in total. The maximum absolute atomic E-state index is 6.58. The molecule has 0 atom stereocenters. The molecule has 0 N–H and O–H groups in total. The van der Waals surface area contributed by atoms with E-state index < -0.39 is 0 Å². The first kappa shape index (κ1) is 72.6. The molecule has 132 heavy (non-hydrogen) atoms. The number of para-hydroxylation sites is 10. The Morgan fingerprint density at radius 3 is 1.02 bits per heavy atom. The van der Waals surface area contributed by atoms with E-state index in [2.05, 4.69) is 332 Å². The van der Waals surface area contributed by atoms with Crippen LogP contribution in [0, 0.1) is 0 Å². The van der Waals surface area contributed by atoms with Gasteiger partial charge in [-0.1, -0.05) is 249 Å². The molecule has 16 aromatic carbocycles. The monoisotopic (exact) mass is 1700 g/mol. The van der Waals surface area contributed by atoms with E-state index in [-0.39, 0.29) is 28.2 Å². The van der Waals surface area contributed by atoms with Gasteiger partial charge in [0.1, 0.15) is 45.3 Å². The molecule has 616 valence electrons. The maximum atomic E-state index is 6.58. The molecule has 0 saturated heterocycles. The third kappa shape index (κ3) is 10.5. The van der Waals surface area contributed by atoms with E-state index in [9.17, 15) is 0 Å². The van der Waals surface area contributed by atoms with Crippen molar-refractivity contribution in [1.82, 2.24) is 9.13 Å². The van der Waals surface area contributed by atoms with E-state index in [4.69, 9.17) is 45.1 Å². The van der Waals surface area contributed by atoms with Gasteiger partial charge in [-0.05, 0) is 177 Å². The summed E-state index contributed by atoms with van der Waals surface area (Å²) in [7, 11) is -0.953. The van der Waals surface area contributed by atoms with E-state index in [1.165, 1.54) is 43.6 Å². The van der Waals surface area contributed by atoms with Crippen LogP contribution in [0.3, 0.4) is 0 Å². The summed E-state index contributed by atoms with van der Waals surface area (Å²) in [6.45, 7) is 0. The van der Waals surface area contributed by atoms with E-state index in [1.54, 1.807) is 25.1 Å². The average Bonchev–Trinajstić information content (AvgIpc) is 1.57. The van der Waals surface area contributed by atoms with Crippen molar-refractivity contribution >= 4 is 184 Å². The van der Waals surface area contributed by atoms with E-state index in [1.807, 2.05) is 72.8 Å². The summed E-state index contributed by atoms with van der Waals surface area (Å²) in [6.07, 6.45) is 7.03. The highest BCUT2D eigenvalue weighted by Gasteiger charge is 2.52. The summed E-state index contributed by atoms with van der Waals surface area (Å²) >= 11 is 0. The second-order valence-electron chi connectivity index (χ2n) is 34.2. The van der Waals surface area contributed by atoms with Crippen molar-refractivity contribution < 1.29 is 45.1 Å². The lowest BCUT2D eigenvalue weighted by Crippen LogP contribution is -2.50. The zero-order valence-electron chi connectivity index (χ0n) is 70.2. The van der Waals surface area contributed by atoms with Crippen LogP contribution in [0.1, 0.15) is 0 Å². The Labute approximate surface area is 754 Å². The number of aromatic nitrogens is 2. The van der Waals surface area contributed by atoms with Gasteiger partial charge in [0.25, 0.3) is 0 Å². The molecule has 0 saturated carbocycles. The Morgan fingerprint density at radius 1 is 0.197 bits per heavy atom. The molecule has 16 heterocycles. The lowest BCUT2D eigenvalue weighted by molar-refractivity contribution is 0.569. The van der Waals surface area contributed by atoms with Crippen LogP contribution in [-0.4, -0.2) is 37.3 Å². The average molecular weight is 1700 g/mol. The smallest absolute Gasteiger partial charge is 0.527 e. The summed E-state index contributed by atoms with van der Waals surface area (Å²) < 4.78 is 67.0. The quantitative estimate of drug-likeness (QED) is 0.154. The molecule has 32 rings (SSSR count). The van der Waals surface area contributed by atoms with Gasteiger partial charge in [-0.3, -0.25) is 0 Å². The third-order valence-corrected chi connectivity index (χ3v) is 27.4. The fraction of sp³-hybridized carbons (Fsp3) is 0. The van der Waals surface area contributed by atoms with Crippen molar-refractivity contribution in [2.45, 2.75) is 0 Å². The Balaban J connectivity index is 0.0000000862. The number of hydrogen-bond acceptors (Lipinski definition) is 14. The topological polar surface area (TPSA) is 139 Å². The number of anilines is 8. The highest BCUT2D eigenvalue weighted by Crippen LogP contribution is 2.55. The number of benzene rings is 16. The minimum atomic E-state index is -0.243. The highest BCUT2D eigenvalue weighted by atomic mass is 16.5. The van der Waals surface area contributed by atoms with Crippen LogP contribution in [-0.2, 0) is 0 Å². The molecule has 0 fully saturated rings. The standard InChI is InChI=1S/2C28H17BN2O2.2C28H16BNO3/c1-4-10-23-19(7-1)22-15-16-32-28(22)31-26-17-18(13-14-27(26)33-29(23)31)30-24-11-5-2-8-20(24)21-9-3-6-12-25(21)30;1-4-10-23-19(7-1)22-15-16-32-28(22)31-26-14-13-18(17-27(26)33-29(23)31)30-24-11-5-2-8-20(24)21-9-3-6-12-25(21)30;1-3-10-25-19(6-1)20-8-5-7-18(27(20)32-25)17-12-13-23-22(16-17)21-14-15-31-28(21)30-24-9-2-4-11-26(24)33-29(23)30;1-3-10-23-19(6-1)22-14-15-31-28(22)30-24-16-17(12-13-26(24)33-29(23)30)18-8-5-9-21-20-7-2-4-11-25(20)32-27(18)21/h2*1-17H;2*1-16H. The number of nitrogens with zero attached hydrogens (tertiary/aromatic N) is 6. The first-order valence-electron chi connectivity index (χ1n) is 44.4. The van der Waals surface area contributed by atoms with Gasteiger partial charge >= 0.3 is 28.2 Å². The first-order chi connectivity index (χ1) is 65.5. The molecule has 0 unspecified atom stereocenters. The summed E-state index contributed by atoms with van der Waals surface area (Å²) in [5, 5.41) is 9.53. The third-order valence-electron chi connectivity index (χ3n) is 27.4. The molecule has 0 bridgehead atoms. The van der Waals surface area contributed by atoms with Crippen LogP contribution in [0.15, 0.2) is 428 Å². The predicted octanol–water partition coefficient (Wildman–Crippen LogP) is 26.1. The Hall–Kier alpha value is -17.5. The second kappa shape index (κ2) is 28.0. The van der Waals surface area contributed by atoms with Crippen molar-refractivity contribution in [1.29, 1.82) is 0 Å². The molecule has 0 spiro atoms. The Kier molecular flexibility index (Phi) is 15.4. The van der Waals surface area contributed by atoms with E-state index in [0.29, 0.717) is 0 Å². The van der Waals surface area contributed by atoms with Gasteiger partial charge in [-0.2, -0.15) is 0 Å². The van der Waals surface area contributed by atoms with Crippen molar-refractivity contribution in [3.05, 3.63) is 401 Å². The fourth-order valence-corrected chi connectivity index (χ4v) is 21.6. The predicted molar refractivity (Wildman–Crippen MR) is 529 cm³/mol. The Bertz CT molecular complexity index is 8830. The number of hydrogen-bond donors (Lipinski definition) is 0. The van der Waals surface area contributed by atoms with Crippen LogP contribution >= 0.6 is 0 Å². The maximum Gasteiger partial charge on any atom is 0.527 e. The van der Waals surface area contributed by atoms with Gasteiger partial charge in [0.05, 0.1) is 69.9 Å². The molecule has 8 aromatic heterocycles. The zero-order chi connectivity index (χ0) is 86.1. The van der Waals surface area contributed by atoms with Crippen LogP contribution in [0.2, 0.25) is 0 Å². The number of rotatable bonds is 4. The van der Waals surface area contributed by atoms with Crippen LogP contribution in [0.5, 0.6) is 23.0 Å². The van der Waals surface area contributed by atoms with Crippen molar-refractivity contribution in [3.8, 4) is 101 Å². The van der Waals surface area contributed by atoms with Gasteiger partial charge < -0.3 is 73.5 Å². The molecular formula is C112H66B4N6O10. The molecule has 0 aliphatic carbocycles.